The molecule has 2 unspecified atom stereocenters. The van der Waals surface area contributed by atoms with E-state index in [1.54, 1.807) is 0 Å². The largest absolute Gasteiger partial charge is 0.463 e. The second-order valence-electron chi connectivity index (χ2n) is 7.87. The molecule has 1 fully saturated rings. The average molecular weight is 437 g/mol. The van der Waals surface area contributed by atoms with Gasteiger partial charge in [0.05, 0.1) is 6.61 Å². The highest BCUT2D eigenvalue weighted by Gasteiger charge is 2.31. The minimum atomic E-state index is -3.07. The molecule has 2 atom stereocenters. The van der Waals surface area contributed by atoms with E-state index in [9.17, 15) is 9.69 Å². The molecule has 0 aliphatic carbocycles. The predicted molar refractivity (Wildman–Crippen MR) is 118 cm³/mol. The Labute approximate surface area is 177 Å². The zero-order chi connectivity index (χ0) is 20.5. The topological polar surface area (TPSA) is 65.0 Å². The Morgan fingerprint density at radius 2 is 1.39 bits per heavy atom. The minimum Gasteiger partial charge on any atom is -0.463 e. The molecular weight excluding hydrogens is 395 g/mol. The number of hydrogen-bond donors (Lipinski definition) is 1. The molecule has 0 spiro atoms. The summed E-state index contributed by atoms with van der Waals surface area (Å²) >= 11 is 4.72. The maximum atomic E-state index is 11.7. The van der Waals surface area contributed by atoms with Crippen LogP contribution in [0.4, 0.5) is 0 Å². The van der Waals surface area contributed by atoms with Gasteiger partial charge in [0, 0.05) is 6.42 Å². The van der Waals surface area contributed by atoms with Crippen LogP contribution in [0.25, 0.3) is 0 Å². The molecule has 1 aliphatic rings. The van der Waals surface area contributed by atoms with Crippen molar-refractivity contribution in [3.63, 3.8) is 0 Å². The van der Waals surface area contributed by atoms with Crippen LogP contribution in [0.5, 0.6) is 0 Å². The smallest absolute Gasteiger partial charge is 0.325 e. The number of ether oxygens (including phenoxy) is 1. The Morgan fingerprint density at radius 3 is 1.82 bits per heavy atom. The Bertz CT molecular complexity index is 447. The van der Waals surface area contributed by atoms with Crippen LogP contribution in [0.3, 0.4) is 0 Å². The van der Waals surface area contributed by atoms with Crippen molar-refractivity contribution in [2.45, 2.75) is 116 Å². The van der Waals surface area contributed by atoms with Crippen LogP contribution < -0.4 is 0 Å². The molecule has 0 aromatic rings. The van der Waals surface area contributed by atoms with E-state index in [0.717, 1.165) is 12.8 Å². The molecule has 5 nitrogen and oxygen atoms in total. The van der Waals surface area contributed by atoms with E-state index in [2.05, 4.69) is 6.92 Å². The SMILES string of the molecule is CCCCCCCCCCCCCCCCCC(=O)OCC1COP(O)(=S)O1. The number of carbonyl (C=O) groups is 1. The van der Waals surface area contributed by atoms with Crippen molar-refractivity contribution < 1.29 is 23.5 Å². The van der Waals surface area contributed by atoms with Gasteiger partial charge in [0.15, 0.2) is 0 Å². The number of esters is 1. The summed E-state index contributed by atoms with van der Waals surface area (Å²) in [5.41, 5.74) is 0. The molecule has 0 amide bonds. The zero-order valence-electron chi connectivity index (χ0n) is 17.7. The van der Waals surface area contributed by atoms with Crippen LogP contribution in [-0.2, 0) is 30.4 Å². The Hall–Kier alpha value is -0.0000000000000000763. The lowest BCUT2D eigenvalue weighted by atomic mass is 10.0. The van der Waals surface area contributed by atoms with Crippen LogP contribution in [0.2, 0.25) is 0 Å². The number of rotatable bonds is 18. The Balaban J connectivity index is 1.77. The van der Waals surface area contributed by atoms with Crippen molar-refractivity contribution in [3.05, 3.63) is 0 Å². The predicted octanol–water partition coefficient (Wildman–Crippen LogP) is 6.42. The first-order valence-corrected chi connectivity index (χ1v) is 13.9. The minimum absolute atomic E-state index is 0.108. The maximum Gasteiger partial charge on any atom is 0.325 e. The molecule has 0 radical (unpaired) electrons. The molecule has 0 bridgehead atoms. The van der Waals surface area contributed by atoms with Gasteiger partial charge in [-0.1, -0.05) is 96.8 Å². The highest BCUT2D eigenvalue weighted by molar-refractivity contribution is 8.07. The third-order valence-electron chi connectivity index (χ3n) is 5.12. The molecule has 1 heterocycles. The standard InChI is InChI=1S/C21H41O5PS/c1-2-3-4-5-6-7-8-9-10-11-12-13-14-15-16-17-21(22)24-18-20-19-25-27(23,28)26-20/h20H,2-19H2,1H3,(H,23,28). The molecule has 166 valence electrons. The highest BCUT2D eigenvalue weighted by Crippen LogP contribution is 2.49. The van der Waals surface area contributed by atoms with Crippen LogP contribution in [0, 0.1) is 0 Å². The molecule has 1 N–H and O–H groups in total. The fraction of sp³-hybridized carbons (Fsp3) is 0.952. The van der Waals surface area contributed by atoms with Crippen molar-refractivity contribution in [1.29, 1.82) is 0 Å². The van der Waals surface area contributed by atoms with Crippen LogP contribution in [-0.4, -0.2) is 30.2 Å². The number of carbonyl (C=O) groups excluding carboxylic acids is 1. The third kappa shape index (κ3) is 14.9. The zero-order valence-corrected chi connectivity index (χ0v) is 19.5. The van der Waals surface area contributed by atoms with Crippen molar-refractivity contribution in [2.24, 2.45) is 0 Å². The first-order chi connectivity index (χ1) is 13.5. The van der Waals surface area contributed by atoms with E-state index in [1.165, 1.54) is 83.5 Å². The van der Waals surface area contributed by atoms with Gasteiger partial charge in [0.25, 0.3) is 0 Å². The first kappa shape index (κ1) is 26.0. The van der Waals surface area contributed by atoms with Crippen LogP contribution in [0.15, 0.2) is 0 Å². The molecular formula is C21H41O5PS. The molecule has 0 saturated carbocycles. The summed E-state index contributed by atoms with van der Waals surface area (Å²) in [6, 6.07) is 0. The molecule has 0 aromatic heterocycles. The normalized spacial score (nSPS) is 21.9. The molecule has 1 aliphatic heterocycles. The summed E-state index contributed by atoms with van der Waals surface area (Å²) in [7, 11) is 0. The molecule has 7 heteroatoms. The average Bonchev–Trinajstić information content (AvgIpc) is 3.02. The summed E-state index contributed by atoms with van der Waals surface area (Å²) in [4.78, 5) is 21.1. The second kappa shape index (κ2) is 16.8. The summed E-state index contributed by atoms with van der Waals surface area (Å²) in [5.74, 6) is -0.212. The van der Waals surface area contributed by atoms with E-state index >= 15 is 0 Å². The fourth-order valence-corrected chi connectivity index (χ4v) is 4.87. The first-order valence-electron chi connectivity index (χ1n) is 11.3. The van der Waals surface area contributed by atoms with Gasteiger partial charge in [-0.05, 0) is 18.2 Å². The van der Waals surface area contributed by atoms with Crippen molar-refractivity contribution in [3.8, 4) is 0 Å². The van der Waals surface area contributed by atoms with Crippen LogP contribution in [0.1, 0.15) is 110 Å². The van der Waals surface area contributed by atoms with Gasteiger partial charge in [-0.2, -0.15) is 0 Å². The number of hydrogen-bond acceptors (Lipinski definition) is 5. The lowest BCUT2D eigenvalue weighted by Crippen LogP contribution is -2.20. The second-order valence-corrected chi connectivity index (χ2v) is 10.7. The van der Waals surface area contributed by atoms with Crippen LogP contribution >= 0.6 is 6.72 Å². The summed E-state index contributed by atoms with van der Waals surface area (Å²) in [6.07, 6.45) is 19.6. The van der Waals surface area contributed by atoms with Gasteiger partial charge in [-0.15, -0.1) is 0 Å². The summed E-state index contributed by atoms with van der Waals surface area (Å²) < 4.78 is 15.2. The highest BCUT2D eigenvalue weighted by atomic mass is 32.5. The fourth-order valence-electron chi connectivity index (χ4n) is 3.40. The van der Waals surface area contributed by atoms with Crippen molar-refractivity contribution >= 4 is 24.5 Å². The van der Waals surface area contributed by atoms with E-state index in [-0.39, 0.29) is 19.2 Å². The molecule has 1 rings (SSSR count). The van der Waals surface area contributed by atoms with E-state index < -0.39 is 12.8 Å². The summed E-state index contributed by atoms with van der Waals surface area (Å²) in [6.45, 7) is -0.502. The Kier molecular flexibility index (Phi) is 15.6. The van der Waals surface area contributed by atoms with Gasteiger partial charge in [-0.25, -0.2) is 0 Å². The quantitative estimate of drug-likeness (QED) is 0.152. The van der Waals surface area contributed by atoms with Crippen molar-refractivity contribution in [2.75, 3.05) is 13.2 Å². The lowest BCUT2D eigenvalue weighted by Gasteiger charge is -2.09. The van der Waals surface area contributed by atoms with E-state index in [4.69, 9.17) is 25.6 Å². The van der Waals surface area contributed by atoms with Gasteiger partial charge < -0.3 is 14.2 Å². The molecule has 1 saturated heterocycles. The Morgan fingerprint density at radius 1 is 0.929 bits per heavy atom. The maximum absolute atomic E-state index is 11.7. The van der Waals surface area contributed by atoms with Gasteiger partial charge >= 0.3 is 12.7 Å². The monoisotopic (exact) mass is 436 g/mol. The molecule has 0 aromatic carbocycles. The van der Waals surface area contributed by atoms with Gasteiger partial charge in [0.1, 0.15) is 12.7 Å². The van der Waals surface area contributed by atoms with Crippen molar-refractivity contribution in [1.82, 2.24) is 0 Å². The summed E-state index contributed by atoms with van der Waals surface area (Å²) in [5, 5.41) is 0. The van der Waals surface area contributed by atoms with Gasteiger partial charge in [-0.3, -0.25) is 9.32 Å². The van der Waals surface area contributed by atoms with Gasteiger partial charge in [0.2, 0.25) is 0 Å². The lowest BCUT2D eigenvalue weighted by molar-refractivity contribution is -0.146. The third-order valence-corrected chi connectivity index (χ3v) is 6.73. The van der Waals surface area contributed by atoms with E-state index in [1.807, 2.05) is 0 Å². The molecule has 28 heavy (non-hydrogen) atoms. The number of unbranched alkanes of at least 4 members (excludes halogenated alkanes) is 14. The van der Waals surface area contributed by atoms with E-state index in [0.29, 0.717) is 6.42 Å².